The molecule has 1 N–H and O–H groups in total. The van der Waals surface area contributed by atoms with E-state index in [1.807, 2.05) is 47.7 Å². The molecule has 0 saturated carbocycles. The van der Waals surface area contributed by atoms with Crippen molar-refractivity contribution in [3.05, 3.63) is 72.1 Å². The summed E-state index contributed by atoms with van der Waals surface area (Å²) in [5.74, 6) is 9.45. The molecule has 0 saturated heterocycles. The summed E-state index contributed by atoms with van der Waals surface area (Å²) in [7, 11) is 0. The van der Waals surface area contributed by atoms with Gasteiger partial charge >= 0.3 is 156 Å². The minimum atomic E-state index is -2.10. The third-order valence-corrected chi connectivity index (χ3v) is 14.1. The van der Waals surface area contributed by atoms with Crippen LogP contribution in [0.25, 0.3) is 32.8 Å². The number of benzene rings is 3. The number of hydrogen-bond donors (Lipinski definition) is 1. The molecule has 6 heteroatoms. The van der Waals surface area contributed by atoms with Crippen LogP contribution in [0.4, 0.5) is 0 Å². The van der Waals surface area contributed by atoms with Gasteiger partial charge in [-0.3, -0.25) is 4.79 Å². The summed E-state index contributed by atoms with van der Waals surface area (Å²) >= 11 is -2.10. The zero-order valence-corrected chi connectivity index (χ0v) is 32.6. The second kappa shape index (κ2) is 13.9. The maximum absolute atomic E-state index is 12.2. The van der Waals surface area contributed by atoms with E-state index in [9.17, 15) is 9.90 Å². The average Bonchev–Trinajstić information content (AvgIpc) is 3.00. The Hall–Kier alpha value is -2.47. The topological polar surface area (TPSA) is 59.4 Å². The van der Waals surface area contributed by atoms with E-state index < -0.39 is 13.3 Å². The standard InChI is InChI=1S/C23H20GeNO.C15H28O2.Ir/c1-14-17-8-6-5-7-16(17)13-18-21-20-15(11-12-25-21)9-10-19(24(2,3)4)23(20)26-22(14)18;1-7-14(5,8-2)12(16)11-13(17)15(6,9-3)10-4;/h5-12H,1-4H3;11,16H,7-10H2,1-6H3;/q-1;;/b;12-11-;. The van der Waals surface area contributed by atoms with Gasteiger partial charge in [-0.1, -0.05) is 41.5 Å². The largest absolute Gasteiger partial charge is 0 e. The zero-order chi connectivity index (χ0) is 31.7. The number of aromatic nitrogens is 1. The summed E-state index contributed by atoms with van der Waals surface area (Å²) < 4.78 is 8.02. The first-order valence-corrected chi connectivity index (χ1v) is 23.1. The predicted octanol–water partition coefficient (Wildman–Crippen LogP) is 10.5. The molecule has 0 spiro atoms. The van der Waals surface area contributed by atoms with Crippen molar-refractivity contribution < 1.29 is 34.7 Å². The maximum atomic E-state index is 12.2. The first kappa shape index (κ1) is 36.0. The minimum absolute atomic E-state index is 0. The van der Waals surface area contributed by atoms with E-state index in [1.165, 1.54) is 21.2 Å². The Morgan fingerprint density at radius 2 is 1.55 bits per heavy atom. The molecule has 0 aliphatic carbocycles. The van der Waals surface area contributed by atoms with E-state index in [4.69, 9.17) is 9.72 Å². The summed E-state index contributed by atoms with van der Waals surface area (Å²) in [6.45, 7) is 14.2. The molecule has 0 atom stereocenters. The molecule has 4 nitrogen and oxygen atoms in total. The van der Waals surface area contributed by atoms with Gasteiger partial charge in [0.1, 0.15) is 5.76 Å². The first-order chi connectivity index (χ1) is 20.2. The van der Waals surface area contributed by atoms with Crippen molar-refractivity contribution in [2.75, 3.05) is 0 Å². The Morgan fingerprint density at radius 3 is 2.14 bits per heavy atom. The number of hydrogen-bond acceptors (Lipinski definition) is 4. The molecule has 1 aromatic heterocycles. The number of pyridine rings is 1. The van der Waals surface area contributed by atoms with E-state index in [-0.39, 0.29) is 42.5 Å². The van der Waals surface area contributed by atoms with Crippen molar-refractivity contribution in [1.29, 1.82) is 0 Å². The van der Waals surface area contributed by atoms with Crippen LogP contribution in [0.15, 0.2) is 60.5 Å². The summed E-state index contributed by atoms with van der Waals surface area (Å²) in [6, 6.07) is 18.5. The molecular formula is C38H48GeIrNO3-. The third kappa shape index (κ3) is 6.71. The number of aliphatic hydroxyl groups is 1. The van der Waals surface area contributed by atoms with E-state index in [0.717, 1.165) is 64.8 Å². The zero-order valence-electron chi connectivity index (χ0n) is 28.1. The number of fused-ring (bicyclic) bond motifs is 3. The van der Waals surface area contributed by atoms with E-state index >= 15 is 0 Å². The molecule has 0 fully saturated rings. The van der Waals surface area contributed by atoms with Crippen LogP contribution in [0.5, 0.6) is 11.5 Å². The van der Waals surface area contributed by atoms with Gasteiger partial charge < -0.3 is 5.11 Å². The van der Waals surface area contributed by atoms with E-state index in [1.54, 1.807) is 0 Å². The number of nitrogens with zero attached hydrogens (tertiary/aromatic N) is 1. The fraction of sp³-hybridized carbons (Fsp3) is 0.421. The quantitative estimate of drug-likeness (QED) is 0.0733. The van der Waals surface area contributed by atoms with Gasteiger partial charge in [0.2, 0.25) is 0 Å². The first-order valence-electron chi connectivity index (χ1n) is 15.7. The van der Waals surface area contributed by atoms with Crippen LogP contribution in [0, 0.1) is 23.8 Å². The summed E-state index contributed by atoms with van der Waals surface area (Å²) in [5, 5.41) is 14.8. The van der Waals surface area contributed by atoms with Gasteiger partial charge in [-0.05, 0) is 25.7 Å². The number of ketones is 1. The van der Waals surface area contributed by atoms with Crippen molar-refractivity contribution in [3.8, 4) is 22.8 Å². The van der Waals surface area contributed by atoms with Gasteiger partial charge in [-0.2, -0.15) is 0 Å². The van der Waals surface area contributed by atoms with Crippen LogP contribution in [0.3, 0.4) is 0 Å². The molecule has 0 amide bonds. The normalized spacial score (nSPS) is 13.0. The van der Waals surface area contributed by atoms with Crippen molar-refractivity contribution in [2.24, 2.45) is 10.8 Å². The van der Waals surface area contributed by atoms with Crippen LogP contribution >= 0.6 is 0 Å². The second-order valence-corrected chi connectivity index (χ2v) is 24.1. The molecular weight excluding hydrogens is 783 g/mol. The molecule has 3 aromatic carbocycles. The Labute approximate surface area is 280 Å². The number of rotatable bonds is 8. The number of carbonyl (C=O) groups is 1. The number of aryl methyl sites for hydroxylation is 1. The van der Waals surface area contributed by atoms with Crippen LogP contribution < -0.4 is 9.13 Å². The Kier molecular flexibility index (Phi) is 11.4. The predicted molar refractivity (Wildman–Crippen MR) is 184 cm³/mol. The van der Waals surface area contributed by atoms with Crippen molar-refractivity contribution in [2.45, 2.75) is 91.4 Å². The smallest absolute Gasteiger partial charge is 0 e. The maximum Gasteiger partial charge on any atom is 0 e. The third-order valence-electron chi connectivity index (χ3n) is 9.89. The fourth-order valence-electron chi connectivity index (χ4n) is 5.62. The van der Waals surface area contributed by atoms with Gasteiger partial charge in [0.15, 0.2) is 5.78 Å². The van der Waals surface area contributed by atoms with Crippen LogP contribution in [0.1, 0.15) is 72.8 Å². The van der Waals surface area contributed by atoms with Crippen LogP contribution in [0.2, 0.25) is 17.3 Å². The number of allylic oxidation sites excluding steroid dienone is 2. The summed E-state index contributed by atoms with van der Waals surface area (Å²) in [5.41, 5.74) is 2.54. The van der Waals surface area contributed by atoms with Crippen LogP contribution in [-0.2, 0) is 24.9 Å². The van der Waals surface area contributed by atoms with Gasteiger partial charge in [-0.15, -0.1) is 0 Å². The van der Waals surface area contributed by atoms with Gasteiger partial charge in [0, 0.05) is 37.0 Å². The Balaban J connectivity index is 0.000000260. The molecule has 237 valence electrons. The number of carbonyl (C=O) groups excluding carboxylic acids is 1. The second-order valence-electron chi connectivity index (χ2n) is 13.5. The number of ether oxygens (including phenoxy) is 1. The summed E-state index contributed by atoms with van der Waals surface area (Å²) in [6.07, 6.45) is 6.65. The molecule has 5 rings (SSSR count). The SMILES string of the molecule is CCC(C)(CC)C(=O)/C=C(\O)C(C)(CC)CC.Cc1c2c([c-]c3ccccc13)-c1nccc3cc[c]([Ge]([CH3])([CH3])[CH3])c(c13)O2.[Ir]. The van der Waals surface area contributed by atoms with E-state index in [2.05, 4.69) is 72.7 Å². The van der Waals surface area contributed by atoms with Crippen molar-refractivity contribution in [1.82, 2.24) is 4.98 Å². The molecule has 44 heavy (non-hydrogen) atoms. The Morgan fingerprint density at radius 1 is 0.932 bits per heavy atom. The van der Waals surface area contributed by atoms with Crippen LogP contribution in [-0.4, -0.2) is 29.1 Å². The monoisotopic (exact) mass is 833 g/mol. The Bertz CT molecular complexity index is 1690. The van der Waals surface area contributed by atoms with Gasteiger partial charge in [0.25, 0.3) is 0 Å². The van der Waals surface area contributed by atoms with Crippen molar-refractivity contribution in [3.63, 3.8) is 0 Å². The number of aliphatic hydroxyl groups excluding tert-OH is 1. The molecule has 1 aliphatic heterocycles. The van der Waals surface area contributed by atoms with Gasteiger partial charge in [0.05, 0.1) is 0 Å². The molecule has 0 unspecified atom stereocenters. The summed E-state index contributed by atoms with van der Waals surface area (Å²) in [4.78, 5) is 16.9. The fourth-order valence-corrected chi connectivity index (χ4v) is 8.65. The molecule has 1 radical (unpaired) electrons. The van der Waals surface area contributed by atoms with Crippen molar-refractivity contribution >= 4 is 45.0 Å². The molecule has 2 heterocycles. The van der Waals surface area contributed by atoms with E-state index in [0.29, 0.717) is 0 Å². The molecule has 4 aromatic rings. The minimum Gasteiger partial charge on any atom is 0 e. The molecule has 0 bridgehead atoms. The average molecular weight is 832 g/mol. The van der Waals surface area contributed by atoms with Gasteiger partial charge in [-0.25, -0.2) is 0 Å². The molecule has 1 aliphatic rings.